The molecule has 0 N–H and O–H groups in total. The summed E-state index contributed by atoms with van der Waals surface area (Å²) in [4.78, 5) is 30.3. The SMILES string of the molecule is CCSc1nnc2c(n1)OC(c1cc(OC(C)=O)ccc1Cl)N(C(C)=O)c1ccccc1-2. The van der Waals surface area contributed by atoms with E-state index >= 15 is 0 Å². The van der Waals surface area contributed by atoms with Crippen LogP contribution in [0, 0.1) is 0 Å². The number of amides is 1. The van der Waals surface area contributed by atoms with Crippen molar-refractivity contribution in [3.8, 4) is 22.9 Å². The lowest BCUT2D eigenvalue weighted by molar-refractivity contribution is -0.131. The predicted molar refractivity (Wildman–Crippen MR) is 121 cm³/mol. The van der Waals surface area contributed by atoms with Gasteiger partial charge < -0.3 is 9.47 Å². The van der Waals surface area contributed by atoms with Crippen LogP contribution in [-0.2, 0) is 9.59 Å². The molecule has 8 nitrogen and oxygen atoms in total. The number of hydrogen-bond acceptors (Lipinski definition) is 8. The minimum Gasteiger partial charge on any atom is -0.447 e. The second kappa shape index (κ2) is 9.13. The standard InChI is InChI=1S/C22H19ClN4O4S/c1-4-32-22-24-20-19(25-26-22)15-7-5-6-8-18(15)27(12(2)28)21(31-20)16-11-14(30-13(3)29)9-10-17(16)23/h5-11,21H,4H2,1-3H3. The van der Waals surface area contributed by atoms with Crippen molar-refractivity contribution in [3.05, 3.63) is 53.1 Å². The van der Waals surface area contributed by atoms with E-state index in [1.807, 2.05) is 25.1 Å². The first-order chi connectivity index (χ1) is 15.4. The maximum Gasteiger partial charge on any atom is 0.308 e. The Morgan fingerprint density at radius 2 is 1.97 bits per heavy atom. The van der Waals surface area contributed by atoms with E-state index in [-0.39, 0.29) is 17.5 Å². The summed E-state index contributed by atoms with van der Waals surface area (Å²) >= 11 is 7.94. The fourth-order valence-electron chi connectivity index (χ4n) is 3.39. The smallest absolute Gasteiger partial charge is 0.308 e. The molecule has 0 fully saturated rings. The first-order valence-electron chi connectivity index (χ1n) is 9.80. The summed E-state index contributed by atoms with van der Waals surface area (Å²) in [5, 5.41) is 9.32. The molecule has 1 aliphatic rings. The minimum atomic E-state index is -0.978. The normalized spacial score (nSPS) is 14.6. The van der Waals surface area contributed by atoms with Crippen LogP contribution < -0.4 is 14.4 Å². The number of esters is 1. The molecule has 164 valence electrons. The van der Waals surface area contributed by atoms with Crippen LogP contribution >= 0.6 is 23.4 Å². The van der Waals surface area contributed by atoms with Gasteiger partial charge in [-0.3, -0.25) is 14.5 Å². The van der Waals surface area contributed by atoms with Gasteiger partial charge in [-0.15, -0.1) is 10.2 Å². The van der Waals surface area contributed by atoms with Crippen molar-refractivity contribution in [1.82, 2.24) is 15.2 Å². The number of carbonyl (C=O) groups excluding carboxylic acids is 2. The Balaban J connectivity index is 1.94. The molecule has 2 aromatic carbocycles. The molecule has 1 atom stereocenters. The number of halogens is 1. The van der Waals surface area contributed by atoms with Crippen molar-refractivity contribution < 1.29 is 19.1 Å². The summed E-state index contributed by atoms with van der Waals surface area (Å²) < 4.78 is 11.5. The number of aromatic nitrogens is 3. The summed E-state index contributed by atoms with van der Waals surface area (Å²) in [7, 11) is 0. The largest absolute Gasteiger partial charge is 0.447 e. The predicted octanol–water partition coefficient (Wildman–Crippen LogP) is 4.67. The van der Waals surface area contributed by atoms with Crippen molar-refractivity contribution in [2.75, 3.05) is 10.7 Å². The number of thioether (sulfide) groups is 1. The van der Waals surface area contributed by atoms with Crippen LogP contribution in [-0.4, -0.2) is 32.8 Å². The fraction of sp³-hybridized carbons (Fsp3) is 0.227. The van der Waals surface area contributed by atoms with Gasteiger partial charge in [-0.2, -0.15) is 4.98 Å². The molecule has 1 aromatic heterocycles. The van der Waals surface area contributed by atoms with Gasteiger partial charge in [-0.25, -0.2) is 0 Å². The quantitative estimate of drug-likeness (QED) is 0.308. The Morgan fingerprint density at radius 1 is 1.19 bits per heavy atom. The Hall–Kier alpha value is -3.17. The summed E-state index contributed by atoms with van der Waals surface area (Å²) in [6.45, 7) is 4.72. The molecule has 10 heteroatoms. The van der Waals surface area contributed by atoms with Gasteiger partial charge in [0, 0.05) is 30.0 Å². The first kappa shape index (κ1) is 22.0. The molecule has 0 spiro atoms. The number of rotatable bonds is 4. The number of hydrogen-bond donors (Lipinski definition) is 0. The lowest BCUT2D eigenvalue weighted by atomic mass is 10.1. The molecule has 32 heavy (non-hydrogen) atoms. The zero-order valence-electron chi connectivity index (χ0n) is 17.5. The zero-order chi connectivity index (χ0) is 22.8. The highest BCUT2D eigenvalue weighted by atomic mass is 35.5. The monoisotopic (exact) mass is 470 g/mol. The van der Waals surface area contributed by atoms with E-state index in [0.717, 1.165) is 5.75 Å². The van der Waals surface area contributed by atoms with Crippen LogP contribution in [0.25, 0.3) is 11.3 Å². The van der Waals surface area contributed by atoms with Gasteiger partial charge >= 0.3 is 5.97 Å². The van der Waals surface area contributed by atoms with Gasteiger partial charge in [0.15, 0.2) is 5.69 Å². The number of benzene rings is 2. The van der Waals surface area contributed by atoms with E-state index in [4.69, 9.17) is 21.1 Å². The lowest BCUT2D eigenvalue weighted by Gasteiger charge is -2.30. The van der Waals surface area contributed by atoms with Crippen LogP contribution in [0.15, 0.2) is 47.6 Å². The van der Waals surface area contributed by atoms with Gasteiger partial charge in [0.2, 0.25) is 23.2 Å². The van der Waals surface area contributed by atoms with Crippen LogP contribution in [0.5, 0.6) is 11.6 Å². The average Bonchev–Trinajstić information content (AvgIpc) is 2.89. The molecule has 1 amide bonds. The second-order valence-electron chi connectivity index (χ2n) is 6.83. The highest BCUT2D eigenvalue weighted by Gasteiger charge is 2.35. The van der Waals surface area contributed by atoms with E-state index in [1.165, 1.54) is 30.5 Å². The highest BCUT2D eigenvalue weighted by Crippen LogP contribution is 2.44. The molecule has 1 aliphatic heterocycles. The maximum atomic E-state index is 12.8. The molecule has 4 rings (SSSR count). The molecule has 0 saturated heterocycles. The lowest BCUT2D eigenvalue weighted by Crippen LogP contribution is -2.36. The van der Waals surface area contributed by atoms with Gasteiger partial charge in [0.1, 0.15) is 5.75 Å². The van der Waals surface area contributed by atoms with Gasteiger partial charge in [0.05, 0.1) is 5.69 Å². The van der Waals surface area contributed by atoms with E-state index < -0.39 is 12.2 Å². The third kappa shape index (κ3) is 4.26. The van der Waals surface area contributed by atoms with E-state index in [0.29, 0.717) is 32.7 Å². The maximum absolute atomic E-state index is 12.8. The van der Waals surface area contributed by atoms with E-state index in [1.54, 1.807) is 24.3 Å². The van der Waals surface area contributed by atoms with Crippen LogP contribution in [0.1, 0.15) is 32.6 Å². The van der Waals surface area contributed by atoms with Crippen molar-refractivity contribution in [1.29, 1.82) is 0 Å². The average molecular weight is 471 g/mol. The summed E-state index contributed by atoms with van der Waals surface area (Å²) in [6, 6.07) is 12.0. The third-order valence-electron chi connectivity index (χ3n) is 4.62. The number of para-hydroxylation sites is 1. The fourth-order valence-corrected chi connectivity index (χ4v) is 4.10. The molecule has 3 aromatic rings. The first-order valence-corrected chi connectivity index (χ1v) is 11.2. The van der Waals surface area contributed by atoms with Crippen LogP contribution in [0.2, 0.25) is 5.02 Å². The number of fused-ring (bicyclic) bond motifs is 3. The van der Waals surface area contributed by atoms with Crippen molar-refractivity contribution in [2.24, 2.45) is 0 Å². The van der Waals surface area contributed by atoms with Crippen molar-refractivity contribution >= 4 is 40.9 Å². The second-order valence-corrected chi connectivity index (χ2v) is 8.47. The summed E-state index contributed by atoms with van der Waals surface area (Å²) in [5.41, 5.74) is 2.08. The summed E-state index contributed by atoms with van der Waals surface area (Å²) in [6.07, 6.45) is -0.978. The van der Waals surface area contributed by atoms with E-state index in [9.17, 15) is 9.59 Å². The molecular formula is C22H19ClN4O4S. The minimum absolute atomic E-state index is 0.228. The molecule has 2 heterocycles. The van der Waals surface area contributed by atoms with Crippen molar-refractivity contribution in [3.63, 3.8) is 0 Å². The number of anilines is 1. The Labute approximate surface area is 193 Å². The Bertz CT molecular complexity index is 1210. The number of ether oxygens (including phenoxy) is 2. The molecule has 0 radical (unpaired) electrons. The van der Waals surface area contributed by atoms with Crippen LogP contribution in [0.4, 0.5) is 5.69 Å². The molecular weight excluding hydrogens is 452 g/mol. The highest BCUT2D eigenvalue weighted by molar-refractivity contribution is 7.99. The number of carbonyl (C=O) groups is 2. The molecule has 1 unspecified atom stereocenters. The van der Waals surface area contributed by atoms with Crippen molar-refractivity contribution in [2.45, 2.75) is 32.2 Å². The summed E-state index contributed by atoms with van der Waals surface area (Å²) in [5.74, 6) is 0.518. The zero-order valence-corrected chi connectivity index (χ0v) is 19.1. The van der Waals surface area contributed by atoms with Crippen LogP contribution in [0.3, 0.4) is 0 Å². The van der Waals surface area contributed by atoms with E-state index in [2.05, 4.69) is 15.2 Å². The third-order valence-corrected chi connectivity index (χ3v) is 5.68. The molecule has 0 bridgehead atoms. The van der Waals surface area contributed by atoms with Gasteiger partial charge in [0.25, 0.3) is 0 Å². The topological polar surface area (TPSA) is 94.5 Å². The van der Waals surface area contributed by atoms with Gasteiger partial charge in [-0.05, 0) is 30.0 Å². The molecule has 0 aliphatic carbocycles. The number of nitrogens with zero attached hydrogens (tertiary/aromatic N) is 4. The molecule has 0 saturated carbocycles. The Kier molecular flexibility index (Phi) is 6.29. The Morgan fingerprint density at radius 3 is 2.69 bits per heavy atom. The van der Waals surface area contributed by atoms with Gasteiger partial charge in [-0.1, -0.05) is 48.5 Å².